The predicted molar refractivity (Wildman–Crippen MR) is 78.4 cm³/mol. The molecule has 1 unspecified atom stereocenters. The van der Waals surface area contributed by atoms with E-state index >= 15 is 0 Å². The van der Waals surface area contributed by atoms with Gasteiger partial charge in [0.05, 0.1) is 10.6 Å². The molecule has 0 aromatic heterocycles. The summed E-state index contributed by atoms with van der Waals surface area (Å²) >= 11 is 6.01. The molecule has 0 saturated carbocycles. The number of primary amides is 1. The van der Waals surface area contributed by atoms with E-state index in [1.165, 1.54) is 5.56 Å². The van der Waals surface area contributed by atoms with Crippen LogP contribution >= 0.6 is 11.6 Å². The van der Waals surface area contributed by atoms with Gasteiger partial charge in [0.15, 0.2) is 0 Å². The topological polar surface area (TPSA) is 55.1 Å². The fourth-order valence-electron chi connectivity index (χ4n) is 1.88. The highest BCUT2D eigenvalue weighted by Crippen LogP contribution is 2.24. The smallest absolute Gasteiger partial charge is 0.250 e. The Balaban J connectivity index is 2.16. The summed E-state index contributed by atoms with van der Waals surface area (Å²) in [6.07, 6.45) is 0. The van der Waals surface area contributed by atoms with Crippen molar-refractivity contribution in [3.05, 3.63) is 64.7 Å². The number of anilines is 1. The highest BCUT2D eigenvalue weighted by atomic mass is 35.5. The monoisotopic (exact) mass is 274 g/mol. The van der Waals surface area contributed by atoms with E-state index in [-0.39, 0.29) is 6.04 Å². The van der Waals surface area contributed by atoms with Crippen LogP contribution in [0.3, 0.4) is 0 Å². The van der Waals surface area contributed by atoms with E-state index in [1.54, 1.807) is 18.2 Å². The largest absolute Gasteiger partial charge is 0.378 e. The average Bonchev–Trinajstić information content (AvgIpc) is 2.39. The van der Waals surface area contributed by atoms with Crippen molar-refractivity contribution in [1.29, 1.82) is 0 Å². The highest BCUT2D eigenvalue weighted by Gasteiger charge is 2.09. The number of benzene rings is 2. The molecule has 98 valence electrons. The average molecular weight is 275 g/mol. The second kappa shape index (κ2) is 5.76. The number of halogens is 1. The molecule has 2 rings (SSSR count). The zero-order valence-corrected chi connectivity index (χ0v) is 11.3. The lowest BCUT2D eigenvalue weighted by atomic mass is 10.1. The SMILES string of the molecule is CC(Nc1ccc(C(N)=O)c(Cl)c1)c1ccccc1. The number of rotatable bonds is 4. The maximum atomic E-state index is 11.1. The standard InChI is InChI=1S/C15H15ClN2O/c1-10(11-5-3-2-4-6-11)18-12-7-8-13(15(17)19)14(16)9-12/h2-10,18H,1H3,(H2,17,19). The lowest BCUT2D eigenvalue weighted by molar-refractivity contribution is 0.100. The van der Waals surface area contributed by atoms with Gasteiger partial charge < -0.3 is 11.1 Å². The molecule has 0 spiro atoms. The Morgan fingerprint density at radius 2 is 1.89 bits per heavy atom. The Morgan fingerprint density at radius 1 is 1.21 bits per heavy atom. The fraction of sp³-hybridized carbons (Fsp3) is 0.133. The molecule has 2 aromatic carbocycles. The molecule has 19 heavy (non-hydrogen) atoms. The molecule has 2 aromatic rings. The van der Waals surface area contributed by atoms with Crippen LogP contribution in [-0.4, -0.2) is 5.91 Å². The van der Waals surface area contributed by atoms with E-state index in [0.29, 0.717) is 10.6 Å². The summed E-state index contributed by atoms with van der Waals surface area (Å²) in [5.74, 6) is -0.521. The van der Waals surface area contributed by atoms with Gasteiger partial charge in [-0.1, -0.05) is 41.9 Å². The van der Waals surface area contributed by atoms with Crippen LogP contribution in [0.2, 0.25) is 5.02 Å². The lowest BCUT2D eigenvalue weighted by Gasteiger charge is -2.16. The van der Waals surface area contributed by atoms with Gasteiger partial charge in [-0.2, -0.15) is 0 Å². The van der Waals surface area contributed by atoms with Crippen molar-refractivity contribution in [1.82, 2.24) is 0 Å². The summed E-state index contributed by atoms with van der Waals surface area (Å²) in [7, 11) is 0. The zero-order chi connectivity index (χ0) is 13.8. The number of hydrogen-bond donors (Lipinski definition) is 2. The van der Waals surface area contributed by atoms with Gasteiger partial charge in [0.1, 0.15) is 0 Å². The molecule has 0 fully saturated rings. The summed E-state index contributed by atoms with van der Waals surface area (Å²) in [5, 5.41) is 3.69. The molecule has 3 nitrogen and oxygen atoms in total. The number of nitrogens with one attached hydrogen (secondary N) is 1. The van der Waals surface area contributed by atoms with Gasteiger partial charge in [-0.05, 0) is 30.7 Å². The van der Waals surface area contributed by atoms with Gasteiger partial charge in [-0.3, -0.25) is 4.79 Å². The van der Waals surface area contributed by atoms with Gasteiger partial charge >= 0.3 is 0 Å². The number of carbonyl (C=O) groups excluding carboxylic acids is 1. The van der Waals surface area contributed by atoms with Crippen LogP contribution in [0.15, 0.2) is 48.5 Å². The molecular weight excluding hydrogens is 260 g/mol. The second-order valence-corrected chi connectivity index (χ2v) is 4.74. The quantitative estimate of drug-likeness (QED) is 0.895. The zero-order valence-electron chi connectivity index (χ0n) is 10.6. The van der Waals surface area contributed by atoms with E-state index in [0.717, 1.165) is 5.69 Å². The molecule has 1 amide bonds. The van der Waals surface area contributed by atoms with Crippen molar-refractivity contribution in [2.45, 2.75) is 13.0 Å². The third-order valence-electron chi connectivity index (χ3n) is 2.92. The molecular formula is C15H15ClN2O. The summed E-state index contributed by atoms with van der Waals surface area (Å²) in [6, 6.07) is 15.4. The van der Waals surface area contributed by atoms with Gasteiger partial charge in [0.25, 0.3) is 0 Å². The normalized spacial score (nSPS) is 11.9. The molecule has 3 N–H and O–H groups in total. The molecule has 0 bridgehead atoms. The first kappa shape index (κ1) is 13.4. The van der Waals surface area contributed by atoms with Crippen molar-refractivity contribution >= 4 is 23.2 Å². The van der Waals surface area contributed by atoms with Crippen LogP contribution in [0.25, 0.3) is 0 Å². The lowest BCUT2D eigenvalue weighted by Crippen LogP contribution is -2.12. The van der Waals surface area contributed by atoms with Crippen molar-refractivity contribution in [3.8, 4) is 0 Å². The molecule has 1 atom stereocenters. The van der Waals surface area contributed by atoms with Crippen LogP contribution < -0.4 is 11.1 Å². The van der Waals surface area contributed by atoms with E-state index in [1.807, 2.05) is 18.2 Å². The summed E-state index contributed by atoms with van der Waals surface area (Å²) < 4.78 is 0. The molecule has 0 saturated heterocycles. The van der Waals surface area contributed by atoms with Crippen LogP contribution in [-0.2, 0) is 0 Å². The number of carbonyl (C=O) groups is 1. The van der Waals surface area contributed by atoms with Crippen molar-refractivity contribution in [3.63, 3.8) is 0 Å². The van der Waals surface area contributed by atoms with E-state index in [4.69, 9.17) is 17.3 Å². The summed E-state index contributed by atoms with van der Waals surface area (Å²) in [4.78, 5) is 11.1. The predicted octanol–water partition coefficient (Wildman–Crippen LogP) is 3.61. The maximum absolute atomic E-state index is 11.1. The van der Waals surface area contributed by atoms with Gasteiger partial charge in [0.2, 0.25) is 5.91 Å². The Bertz CT molecular complexity index is 584. The summed E-state index contributed by atoms with van der Waals surface area (Å²) in [5.41, 5.74) is 7.58. The highest BCUT2D eigenvalue weighted by molar-refractivity contribution is 6.34. The molecule has 0 radical (unpaired) electrons. The summed E-state index contributed by atoms with van der Waals surface area (Å²) in [6.45, 7) is 2.06. The van der Waals surface area contributed by atoms with Crippen molar-refractivity contribution in [2.75, 3.05) is 5.32 Å². The number of hydrogen-bond acceptors (Lipinski definition) is 2. The fourth-order valence-corrected chi connectivity index (χ4v) is 2.15. The third-order valence-corrected chi connectivity index (χ3v) is 3.23. The molecule has 4 heteroatoms. The minimum atomic E-state index is -0.521. The molecule has 0 heterocycles. The maximum Gasteiger partial charge on any atom is 0.250 e. The minimum Gasteiger partial charge on any atom is -0.378 e. The van der Waals surface area contributed by atoms with Crippen LogP contribution in [0.1, 0.15) is 28.9 Å². The first-order valence-corrected chi connectivity index (χ1v) is 6.36. The number of nitrogens with two attached hydrogens (primary N) is 1. The van der Waals surface area contributed by atoms with Crippen LogP contribution in [0.5, 0.6) is 0 Å². The molecule has 0 aliphatic heterocycles. The minimum absolute atomic E-state index is 0.150. The van der Waals surface area contributed by atoms with Gasteiger partial charge in [0, 0.05) is 11.7 Å². The Morgan fingerprint density at radius 3 is 2.47 bits per heavy atom. The van der Waals surface area contributed by atoms with Crippen molar-refractivity contribution in [2.24, 2.45) is 5.73 Å². The Hall–Kier alpha value is -2.00. The first-order chi connectivity index (χ1) is 9.08. The van der Waals surface area contributed by atoms with Crippen LogP contribution in [0.4, 0.5) is 5.69 Å². The van der Waals surface area contributed by atoms with E-state index in [9.17, 15) is 4.79 Å². The van der Waals surface area contributed by atoms with Crippen LogP contribution in [0, 0.1) is 0 Å². The van der Waals surface area contributed by atoms with E-state index < -0.39 is 5.91 Å². The van der Waals surface area contributed by atoms with Gasteiger partial charge in [-0.15, -0.1) is 0 Å². The molecule has 0 aliphatic rings. The third kappa shape index (κ3) is 3.26. The van der Waals surface area contributed by atoms with Crippen molar-refractivity contribution < 1.29 is 4.79 Å². The Kier molecular flexibility index (Phi) is 4.07. The number of amides is 1. The molecule has 0 aliphatic carbocycles. The first-order valence-electron chi connectivity index (χ1n) is 5.99. The Labute approximate surface area is 117 Å². The van der Waals surface area contributed by atoms with Gasteiger partial charge in [-0.25, -0.2) is 0 Å². The second-order valence-electron chi connectivity index (χ2n) is 4.34. The van der Waals surface area contributed by atoms with E-state index in [2.05, 4.69) is 24.4 Å².